The van der Waals surface area contributed by atoms with Gasteiger partial charge in [0.25, 0.3) is 0 Å². The molecular formula is C16H31N. The van der Waals surface area contributed by atoms with Crippen molar-refractivity contribution in [2.24, 2.45) is 17.3 Å². The van der Waals surface area contributed by atoms with Gasteiger partial charge in [-0.25, -0.2) is 0 Å². The fourth-order valence-corrected chi connectivity index (χ4v) is 3.86. The Kier molecular flexibility index (Phi) is 4.90. The standard InChI is InChI=1S/C16H31N/c1-14(2)12-17-13-16(10-7-11-16)15-8-5-3-4-6-9-15/h14-15,17H,3-13H2,1-2H3. The summed E-state index contributed by atoms with van der Waals surface area (Å²) in [5.41, 5.74) is 0.708. The van der Waals surface area contributed by atoms with Crippen LogP contribution in [-0.2, 0) is 0 Å². The van der Waals surface area contributed by atoms with Crippen LogP contribution in [0, 0.1) is 17.3 Å². The van der Waals surface area contributed by atoms with Gasteiger partial charge in [0.2, 0.25) is 0 Å². The molecule has 0 saturated heterocycles. The molecule has 0 unspecified atom stereocenters. The van der Waals surface area contributed by atoms with Crippen molar-refractivity contribution in [1.82, 2.24) is 5.32 Å². The molecule has 2 fully saturated rings. The Bertz CT molecular complexity index is 210. The minimum absolute atomic E-state index is 0.708. The highest BCUT2D eigenvalue weighted by molar-refractivity contribution is 4.95. The molecule has 1 heteroatoms. The molecule has 100 valence electrons. The van der Waals surface area contributed by atoms with Gasteiger partial charge in [-0.1, -0.05) is 46.0 Å². The second-order valence-corrected chi connectivity index (χ2v) is 6.93. The van der Waals surface area contributed by atoms with Crippen molar-refractivity contribution in [3.8, 4) is 0 Å². The van der Waals surface area contributed by atoms with Gasteiger partial charge in [-0.05, 0) is 49.5 Å². The number of hydrogen-bond acceptors (Lipinski definition) is 1. The van der Waals surface area contributed by atoms with Crippen molar-refractivity contribution < 1.29 is 0 Å². The van der Waals surface area contributed by atoms with Gasteiger partial charge < -0.3 is 5.32 Å². The fourth-order valence-electron chi connectivity index (χ4n) is 3.86. The van der Waals surface area contributed by atoms with Gasteiger partial charge in [0, 0.05) is 6.54 Å². The lowest BCUT2D eigenvalue weighted by Crippen LogP contribution is -2.46. The van der Waals surface area contributed by atoms with Crippen molar-refractivity contribution in [3.05, 3.63) is 0 Å². The first kappa shape index (κ1) is 13.4. The third-order valence-electron chi connectivity index (χ3n) is 5.10. The molecule has 2 aliphatic rings. The van der Waals surface area contributed by atoms with Crippen LogP contribution in [0.5, 0.6) is 0 Å². The number of nitrogens with one attached hydrogen (secondary N) is 1. The summed E-state index contributed by atoms with van der Waals surface area (Å²) in [7, 11) is 0. The quantitative estimate of drug-likeness (QED) is 0.700. The Balaban J connectivity index is 1.84. The molecule has 0 aliphatic heterocycles. The first-order valence-corrected chi connectivity index (χ1v) is 7.94. The summed E-state index contributed by atoms with van der Waals surface area (Å²) in [5, 5.41) is 3.75. The van der Waals surface area contributed by atoms with E-state index in [-0.39, 0.29) is 0 Å². The van der Waals surface area contributed by atoms with Crippen molar-refractivity contribution in [1.29, 1.82) is 0 Å². The highest BCUT2D eigenvalue weighted by Crippen LogP contribution is 2.51. The third kappa shape index (κ3) is 3.47. The SMILES string of the molecule is CC(C)CNCC1(C2CCCCCC2)CCC1. The molecule has 17 heavy (non-hydrogen) atoms. The van der Waals surface area contributed by atoms with Crippen LogP contribution in [-0.4, -0.2) is 13.1 Å². The number of hydrogen-bond donors (Lipinski definition) is 1. The minimum atomic E-state index is 0.708. The molecule has 1 nitrogen and oxygen atoms in total. The van der Waals surface area contributed by atoms with Crippen LogP contribution in [0.2, 0.25) is 0 Å². The molecule has 0 heterocycles. The Morgan fingerprint density at radius 3 is 2.12 bits per heavy atom. The summed E-state index contributed by atoms with van der Waals surface area (Å²) in [5.74, 6) is 1.83. The van der Waals surface area contributed by atoms with E-state index in [1.165, 1.54) is 70.9 Å². The predicted molar refractivity (Wildman–Crippen MR) is 75.2 cm³/mol. The molecule has 1 N–H and O–H groups in total. The van der Waals surface area contributed by atoms with Crippen LogP contribution < -0.4 is 5.32 Å². The lowest BCUT2D eigenvalue weighted by molar-refractivity contribution is 0.0383. The zero-order valence-electron chi connectivity index (χ0n) is 11.9. The fraction of sp³-hybridized carbons (Fsp3) is 1.00. The van der Waals surface area contributed by atoms with E-state index in [0.717, 1.165) is 11.8 Å². The summed E-state index contributed by atoms with van der Waals surface area (Å²) in [6, 6.07) is 0. The zero-order chi connectivity index (χ0) is 12.1. The highest BCUT2D eigenvalue weighted by Gasteiger charge is 2.42. The van der Waals surface area contributed by atoms with Crippen LogP contribution >= 0.6 is 0 Å². The van der Waals surface area contributed by atoms with Crippen molar-refractivity contribution in [3.63, 3.8) is 0 Å². The van der Waals surface area contributed by atoms with Crippen LogP contribution in [0.3, 0.4) is 0 Å². The molecule has 0 aromatic rings. The Labute approximate surface area is 108 Å². The van der Waals surface area contributed by atoms with Crippen LogP contribution in [0.15, 0.2) is 0 Å². The van der Waals surface area contributed by atoms with E-state index in [2.05, 4.69) is 19.2 Å². The van der Waals surface area contributed by atoms with E-state index < -0.39 is 0 Å². The van der Waals surface area contributed by atoms with Crippen molar-refractivity contribution >= 4 is 0 Å². The summed E-state index contributed by atoms with van der Waals surface area (Å²) in [6.07, 6.45) is 13.5. The van der Waals surface area contributed by atoms with Crippen molar-refractivity contribution in [2.75, 3.05) is 13.1 Å². The van der Waals surface area contributed by atoms with E-state index in [0.29, 0.717) is 5.41 Å². The zero-order valence-corrected chi connectivity index (χ0v) is 11.9. The molecule has 0 radical (unpaired) electrons. The summed E-state index contributed by atoms with van der Waals surface area (Å²) >= 11 is 0. The normalized spacial score (nSPS) is 25.6. The third-order valence-corrected chi connectivity index (χ3v) is 5.10. The average Bonchev–Trinajstić information content (AvgIpc) is 2.50. The van der Waals surface area contributed by atoms with Gasteiger partial charge in [-0.15, -0.1) is 0 Å². The molecule has 2 saturated carbocycles. The van der Waals surface area contributed by atoms with Gasteiger partial charge in [0.1, 0.15) is 0 Å². The lowest BCUT2D eigenvalue weighted by atomic mass is 9.59. The van der Waals surface area contributed by atoms with Gasteiger partial charge in [-0.3, -0.25) is 0 Å². The second kappa shape index (κ2) is 6.22. The van der Waals surface area contributed by atoms with Crippen LogP contribution in [0.1, 0.15) is 71.6 Å². The van der Waals surface area contributed by atoms with Gasteiger partial charge in [0.05, 0.1) is 0 Å². The highest BCUT2D eigenvalue weighted by atomic mass is 14.9. The van der Waals surface area contributed by atoms with E-state index in [9.17, 15) is 0 Å². The van der Waals surface area contributed by atoms with E-state index in [4.69, 9.17) is 0 Å². The van der Waals surface area contributed by atoms with E-state index >= 15 is 0 Å². The summed E-state index contributed by atoms with van der Waals surface area (Å²) in [6.45, 7) is 7.13. The molecule has 2 rings (SSSR count). The molecule has 0 aromatic heterocycles. The maximum atomic E-state index is 3.75. The Hall–Kier alpha value is -0.0400. The van der Waals surface area contributed by atoms with Crippen LogP contribution in [0.4, 0.5) is 0 Å². The van der Waals surface area contributed by atoms with Gasteiger partial charge >= 0.3 is 0 Å². The average molecular weight is 237 g/mol. The van der Waals surface area contributed by atoms with E-state index in [1.54, 1.807) is 0 Å². The molecule has 0 aromatic carbocycles. The van der Waals surface area contributed by atoms with E-state index in [1.807, 2.05) is 0 Å². The largest absolute Gasteiger partial charge is 0.316 e. The first-order valence-electron chi connectivity index (χ1n) is 7.94. The monoisotopic (exact) mass is 237 g/mol. The van der Waals surface area contributed by atoms with Gasteiger partial charge in [-0.2, -0.15) is 0 Å². The summed E-state index contributed by atoms with van der Waals surface area (Å²) < 4.78 is 0. The van der Waals surface area contributed by atoms with Gasteiger partial charge in [0.15, 0.2) is 0 Å². The Morgan fingerprint density at radius 1 is 1.00 bits per heavy atom. The first-order chi connectivity index (χ1) is 8.23. The molecule has 2 aliphatic carbocycles. The lowest BCUT2D eigenvalue weighted by Gasteiger charge is -2.48. The second-order valence-electron chi connectivity index (χ2n) is 6.93. The predicted octanol–water partition coefficient (Wildman–Crippen LogP) is 4.37. The molecule has 0 amide bonds. The molecule has 0 spiro atoms. The van der Waals surface area contributed by atoms with Crippen molar-refractivity contribution in [2.45, 2.75) is 71.6 Å². The smallest absolute Gasteiger partial charge is 0.00106 e. The summed E-state index contributed by atoms with van der Waals surface area (Å²) in [4.78, 5) is 0. The maximum absolute atomic E-state index is 3.75. The molecule has 0 atom stereocenters. The molecule has 0 bridgehead atoms. The minimum Gasteiger partial charge on any atom is -0.316 e. The Morgan fingerprint density at radius 2 is 1.65 bits per heavy atom. The molecular weight excluding hydrogens is 206 g/mol. The topological polar surface area (TPSA) is 12.0 Å². The maximum Gasteiger partial charge on any atom is 0.00106 e. The number of rotatable bonds is 5. The van der Waals surface area contributed by atoms with Crippen LogP contribution in [0.25, 0.3) is 0 Å².